The van der Waals surface area contributed by atoms with Crippen molar-refractivity contribution < 1.29 is 22.0 Å². The normalized spacial score (nSPS) is 11.8. The Bertz CT molecular complexity index is 512. The first kappa shape index (κ1) is 11.9. The minimum Gasteiger partial charge on any atom is -0.223 e. The number of hydrogen-bond donors (Lipinski definition) is 0. The third kappa shape index (κ3) is 2.26. The molecule has 2 nitrogen and oxygen atoms in total. The van der Waals surface area contributed by atoms with Crippen molar-refractivity contribution in [2.24, 2.45) is 0 Å². The van der Waals surface area contributed by atoms with Gasteiger partial charge >= 0.3 is 6.18 Å². The van der Waals surface area contributed by atoms with E-state index < -0.39 is 28.9 Å². The fourth-order valence-corrected chi connectivity index (χ4v) is 1.66. The topological polar surface area (TPSA) is 25.8 Å². The summed E-state index contributed by atoms with van der Waals surface area (Å²) in [4.78, 5) is 3.55. The Morgan fingerprint density at radius 2 is 1.65 bits per heavy atom. The second-order valence-electron chi connectivity index (χ2n) is 3.07. The molecule has 1 aromatic heterocycles. The molecule has 0 fully saturated rings. The van der Waals surface area contributed by atoms with E-state index in [4.69, 9.17) is 0 Å². The predicted octanol–water partition coefficient (Wildman–Crippen LogP) is 3.50. The van der Waals surface area contributed by atoms with Gasteiger partial charge in [-0.15, -0.1) is 0 Å². The van der Waals surface area contributed by atoms with E-state index >= 15 is 0 Å². The van der Waals surface area contributed by atoms with Gasteiger partial charge in [-0.3, -0.25) is 0 Å². The van der Waals surface area contributed by atoms with E-state index in [0.29, 0.717) is 0 Å². The van der Waals surface area contributed by atoms with Crippen molar-refractivity contribution in [3.05, 3.63) is 34.8 Å². The van der Waals surface area contributed by atoms with Crippen molar-refractivity contribution in [1.82, 2.24) is 9.36 Å². The van der Waals surface area contributed by atoms with Gasteiger partial charge in [0.05, 0.1) is 11.1 Å². The molecule has 0 aliphatic heterocycles. The van der Waals surface area contributed by atoms with Crippen molar-refractivity contribution in [3.8, 4) is 11.4 Å². The van der Waals surface area contributed by atoms with Crippen LogP contribution in [-0.2, 0) is 6.18 Å². The molecule has 0 radical (unpaired) electrons. The van der Waals surface area contributed by atoms with Crippen LogP contribution >= 0.6 is 11.5 Å². The van der Waals surface area contributed by atoms with Gasteiger partial charge < -0.3 is 0 Å². The molecule has 0 unspecified atom stereocenters. The summed E-state index contributed by atoms with van der Waals surface area (Å²) in [6.45, 7) is 0. The highest BCUT2D eigenvalue weighted by atomic mass is 32.1. The Labute approximate surface area is 95.9 Å². The van der Waals surface area contributed by atoms with Gasteiger partial charge in [0.15, 0.2) is 5.82 Å². The summed E-state index contributed by atoms with van der Waals surface area (Å²) < 4.78 is 67.1. The first-order valence-electron chi connectivity index (χ1n) is 4.22. The molecular formula is C9H3F5N2S. The molecule has 2 aromatic rings. The lowest BCUT2D eigenvalue weighted by Gasteiger charge is -2.08. The maximum absolute atomic E-state index is 13.4. The van der Waals surface area contributed by atoms with E-state index in [2.05, 4.69) is 9.36 Å². The van der Waals surface area contributed by atoms with Crippen LogP contribution in [0.5, 0.6) is 0 Å². The van der Waals surface area contributed by atoms with E-state index in [1.54, 1.807) is 0 Å². The van der Waals surface area contributed by atoms with Crippen LogP contribution in [0.4, 0.5) is 22.0 Å². The number of aromatic nitrogens is 2. The van der Waals surface area contributed by atoms with Crippen LogP contribution in [0.2, 0.25) is 0 Å². The molecule has 0 aliphatic carbocycles. The second kappa shape index (κ2) is 4.02. The molecule has 0 saturated heterocycles. The number of benzene rings is 1. The Morgan fingerprint density at radius 1 is 1.06 bits per heavy atom. The maximum atomic E-state index is 13.4. The first-order chi connectivity index (χ1) is 7.89. The standard InChI is InChI=1S/C9H3F5N2S/c10-5-1-4(9(12,13)14)2-6(11)7(5)8-15-3-17-16-8/h1-3H. The highest BCUT2D eigenvalue weighted by molar-refractivity contribution is 7.03. The zero-order chi connectivity index (χ0) is 12.6. The fraction of sp³-hybridized carbons (Fsp3) is 0.111. The van der Waals surface area contributed by atoms with Gasteiger partial charge in [-0.2, -0.15) is 17.5 Å². The molecule has 0 aliphatic rings. The quantitative estimate of drug-likeness (QED) is 0.738. The number of alkyl halides is 3. The predicted molar refractivity (Wildman–Crippen MR) is 50.3 cm³/mol. The van der Waals surface area contributed by atoms with Crippen LogP contribution in [0.15, 0.2) is 17.6 Å². The molecule has 0 N–H and O–H groups in total. The molecule has 0 saturated carbocycles. The van der Waals surface area contributed by atoms with E-state index in [0.717, 1.165) is 11.5 Å². The number of hydrogen-bond acceptors (Lipinski definition) is 3. The number of halogens is 5. The molecule has 0 atom stereocenters. The second-order valence-corrected chi connectivity index (χ2v) is 3.67. The molecule has 17 heavy (non-hydrogen) atoms. The van der Waals surface area contributed by atoms with Gasteiger partial charge in [0, 0.05) is 0 Å². The maximum Gasteiger partial charge on any atom is 0.416 e. The van der Waals surface area contributed by atoms with Gasteiger partial charge in [-0.1, -0.05) is 0 Å². The summed E-state index contributed by atoms with van der Waals surface area (Å²) in [7, 11) is 0. The Morgan fingerprint density at radius 3 is 2.06 bits per heavy atom. The van der Waals surface area contributed by atoms with Gasteiger partial charge in [0.2, 0.25) is 0 Å². The average Bonchev–Trinajstić information content (AvgIpc) is 2.68. The highest BCUT2D eigenvalue weighted by Crippen LogP contribution is 2.33. The summed E-state index contributed by atoms with van der Waals surface area (Å²) in [6.07, 6.45) is -4.80. The van der Waals surface area contributed by atoms with Crippen molar-refractivity contribution in [3.63, 3.8) is 0 Å². The van der Waals surface area contributed by atoms with Gasteiger partial charge in [0.25, 0.3) is 0 Å². The zero-order valence-corrected chi connectivity index (χ0v) is 8.74. The van der Waals surface area contributed by atoms with E-state index in [1.165, 1.54) is 5.51 Å². The highest BCUT2D eigenvalue weighted by Gasteiger charge is 2.33. The minimum absolute atomic E-state index is 0.222. The average molecular weight is 266 g/mol. The molecule has 0 amide bonds. The first-order valence-corrected chi connectivity index (χ1v) is 5.06. The van der Waals surface area contributed by atoms with Crippen LogP contribution in [0.1, 0.15) is 5.56 Å². The minimum atomic E-state index is -4.80. The molecule has 0 bridgehead atoms. The van der Waals surface area contributed by atoms with Crippen LogP contribution < -0.4 is 0 Å². The number of nitrogens with zero attached hydrogens (tertiary/aromatic N) is 2. The van der Waals surface area contributed by atoms with Crippen LogP contribution in [0, 0.1) is 11.6 Å². The monoisotopic (exact) mass is 266 g/mol. The molecule has 2 rings (SSSR count). The molecule has 1 aromatic carbocycles. The lowest BCUT2D eigenvalue weighted by Crippen LogP contribution is -2.07. The molecule has 90 valence electrons. The SMILES string of the molecule is Fc1cc(C(F)(F)F)cc(F)c1-c1ncsn1. The van der Waals surface area contributed by atoms with E-state index in [1.807, 2.05) is 0 Å². The smallest absolute Gasteiger partial charge is 0.223 e. The van der Waals surface area contributed by atoms with Gasteiger partial charge in [-0.05, 0) is 23.7 Å². The largest absolute Gasteiger partial charge is 0.416 e. The Kier molecular flexibility index (Phi) is 2.82. The summed E-state index contributed by atoms with van der Waals surface area (Å²) in [5, 5.41) is 0. The van der Waals surface area contributed by atoms with Gasteiger partial charge in [-0.25, -0.2) is 13.8 Å². The summed E-state index contributed by atoms with van der Waals surface area (Å²) in [6, 6.07) is 0.443. The summed E-state index contributed by atoms with van der Waals surface area (Å²) >= 11 is 0.845. The Balaban J connectivity index is 2.58. The molecular weight excluding hydrogens is 263 g/mol. The molecule has 8 heteroatoms. The third-order valence-corrected chi connectivity index (χ3v) is 2.43. The van der Waals surface area contributed by atoms with Crippen LogP contribution in [0.25, 0.3) is 11.4 Å². The van der Waals surface area contributed by atoms with E-state index in [9.17, 15) is 22.0 Å². The third-order valence-electron chi connectivity index (χ3n) is 1.95. The van der Waals surface area contributed by atoms with Crippen molar-refractivity contribution in [2.45, 2.75) is 6.18 Å². The molecule has 0 spiro atoms. The van der Waals surface area contributed by atoms with Crippen molar-refractivity contribution in [1.29, 1.82) is 0 Å². The fourth-order valence-electron chi connectivity index (χ4n) is 1.23. The van der Waals surface area contributed by atoms with Gasteiger partial charge in [0.1, 0.15) is 17.1 Å². The van der Waals surface area contributed by atoms with Crippen molar-refractivity contribution >= 4 is 11.5 Å². The van der Waals surface area contributed by atoms with Crippen LogP contribution in [0.3, 0.4) is 0 Å². The van der Waals surface area contributed by atoms with E-state index in [-0.39, 0.29) is 18.0 Å². The van der Waals surface area contributed by atoms with Crippen molar-refractivity contribution in [2.75, 3.05) is 0 Å². The van der Waals surface area contributed by atoms with Crippen LogP contribution in [-0.4, -0.2) is 9.36 Å². The Hall–Kier alpha value is -1.57. The molecule has 1 heterocycles. The summed E-state index contributed by atoms with van der Waals surface area (Å²) in [5.41, 5.74) is -0.808. The lowest BCUT2D eigenvalue weighted by atomic mass is 10.1. The number of rotatable bonds is 1. The summed E-state index contributed by atoms with van der Waals surface area (Å²) in [5.74, 6) is -2.94. The zero-order valence-electron chi connectivity index (χ0n) is 7.92. The lowest BCUT2D eigenvalue weighted by molar-refractivity contribution is -0.137.